The lowest BCUT2D eigenvalue weighted by Crippen LogP contribution is -2.60. The Morgan fingerprint density at radius 1 is 0.362 bits per heavy atom. The van der Waals surface area contributed by atoms with Crippen molar-refractivity contribution in [3.05, 3.63) is 58.3 Å². The number of nitrogens with two attached hydrogens (primary N) is 11. The average Bonchev–Trinajstić information content (AvgIpc) is 1.09. The second kappa shape index (κ2) is 67.5. The first-order valence-electron chi connectivity index (χ1n) is 43.9. The molecule has 2 aromatic rings. The molecule has 0 spiro atoms. The average molecular weight is 1990 g/mol. The van der Waals surface area contributed by atoms with E-state index >= 15 is 0 Å². The largest absolute Gasteiger partial charge is 0.508 e. The molecule has 0 aliphatic rings. The number of nitro groups is 1. The van der Waals surface area contributed by atoms with Gasteiger partial charge in [0.05, 0.1) is 37.1 Å². The molecule has 0 saturated carbocycles. The van der Waals surface area contributed by atoms with Crippen LogP contribution in [0.15, 0.2) is 47.6 Å². The summed E-state index contributed by atoms with van der Waals surface area (Å²) in [5.74, 6) is -18.7. The summed E-state index contributed by atoms with van der Waals surface area (Å²) in [5, 5.41) is 117. The number of pyridine rings is 1. The van der Waals surface area contributed by atoms with Crippen molar-refractivity contribution in [1.29, 1.82) is 32.5 Å². The van der Waals surface area contributed by atoms with Gasteiger partial charge in [0.15, 0.2) is 40.8 Å². The molecule has 1 aromatic carbocycles. The number of carbonyl (C=O) groups excluding carboxylic acids is 16. The summed E-state index contributed by atoms with van der Waals surface area (Å²) in [6, 6.07) is -8.39. The van der Waals surface area contributed by atoms with Crippen molar-refractivity contribution in [2.75, 3.05) is 84.3 Å². The summed E-state index contributed by atoms with van der Waals surface area (Å²) in [5.41, 5.74) is 62.4. The van der Waals surface area contributed by atoms with E-state index in [2.05, 4.69) is 111 Å². The molecule has 0 unspecified atom stereocenters. The lowest BCUT2D eigenvalue weighted by molar-refractivity contribution is -0.388. The minimum absolute atomic E-state index is 0.00642. The molecule has 60 heteroatoms. The van der Waals surface area contributed by atoms with Crippen molar-refractivity contribution >= 4 is 158 Å². The van der Waals surface area contributed by atoms with Gasteiger partial charge in [0.2, 0.25) is 94.5 Å². The molecule has 16 amide bonds. The number of aromatic nitrogens is 1. The normalized spacial score (nSPS) is 13.1. The molecular weight excluding hydrogens is 1850 g/mol. The van der Waals surface area contributed by atoms with Gasteiger partial charge in [-0.3, -0.25) is 119 Å². The van der Waals surface area contributed by atoms with E-state index in [9.17, 15) is 91.9 Å². The monoisotopic (exact) mass is 1990 g/mol. The van der Waals surface area contributed by atoms with Crippen LogP contribution in [0.25, 0.3) is 0 Å². The van der Waals surface area contributed by atoms with Gasteiger partial charge in [-0.15, -0.1) is 0 Å². The minimum Gasteiger partial charge on any atom is -0.508 e. The molecule has 58 nitrogen and oxygen atoms in total. The third-order valence-electron chi connectivity index (χ3n) is 19.7. The van der Waals surface area contributed by atoms with Gasteiger partial charge < -0.3 is 175 Å². The Bertz CT molecular complexity index is 4430. The fraction of sp³-hybridized carbons (Fsp3) is 0.577. The van der Waals surface area contributed by atoms with E-state index in [4.69, 9.17) is 95.5 Å². The van der Waals surface area contributed by atoms with Crippen molar-refractivity contribution in [3.63, 3.8) is 0 Å². The van der Waals surface area contributed by atoms with E-state index < -0.39 is 241 Å². The highest BCUT2D eigenvalue weighted by atomic mass is 33.1. The number of guanidine groups is 6. The molecule has 138 heavy (non-hydrogen) atoms. The van der Waals surface area contributed by atoms with Crippen molar-refractivity contribution < 1.29 is 86.7 Å². The number of aromatic hydroxyl groups is 1. The maximum atomic E-state index is 15.0. The van der Waals surface area contributed by atoms with Crippen LogP contribution in [-0.4, -0.2) is 296 Å². The summed E-state index contributed by atoms with van der Waals surface area (Å²) in [6.45, 7) is -3.04. The van der Waals surface area contributed by atoms with Crippen LogP contribution in [0.5, 0.6) is 5.75 Å². The number of phenols is 1. The summed E-state index contributed by atoms with van der Waals surface area (Å²) in [4.78, 5) is 237. The standard InChI is InChI=1S/C78H135N39O19S2/c79-27-3-1-12-47(110-64(127)46(15-6-31-98-74(86)87)107-60(123)40-105-62(125)44(81)36-42-21-23-43(118)24-22-42)65(128)111-48(13-2-4-28-80)66(129)112-50(17-8-33-100-76(90)91)68(131)114-52(19-10-35-102-78(94)95)70(133)116-53(25-26-56(82)119)71(134)115-51(18-9-34-101-77(92)93)69(132)113-49(16-7-32-99-75(88)89)67(130)109-45(14-5-30-97-73(84)85)63(126)106-38-58(121)103-37-57(120)104-39-59(122)108-54(61(83)124)41-137-138-72-55(117(135)136)20-11-29-96-72/h11,20-24,29,44-54,118H,1-10,12-19,25-28,30-41,79-81H2,(H2,82,119)(H2,83,124)(H,103,121)(H,104,120)(H,105,125)(H,106,126)(H,107,123)(H,108,122)(H,109,130)(H,110,127)(H,111,128)(H,112,129)(H,113,132)(H,114,131)(H,115,134)(H,116,133)(H4,84,85,97)(H4,86,87,98)(H4,88,89,99)(H4,90,91,100)(H4,92,93,101)(H4,94,95,102)/t44-,45-,46-,47-,48-,49-,50-,51-,52-,53-,54-/m0/s1. The number of primary amides is 2. The van der Waals surface area contributed by atoms with Gasteiger partial charge in [0, 0.05) is 63.7 Å². The number of carbonyl (C=O) groups is 16. The highest BCUT2D eigenvalue weighted by molar-refractivity contribution is 8.76. The topological polar surface area (TPSA) is 1020 Å². The van der Waals surface area contributed by atoms with E-state index in [1.165, 1.54) is 30.5 Å². The molecule has 1 aromatic heterocycles. The highest BCUT2D eigenvalue weighted by Gasteiger charge is 2.37. The molecule has 11 atom stereocenters. The predicted molar refractivity (Wildman–Crippen MR) is 509 cm³/mol. The van der Waals surface area contributed by atoms with Crippen LogP contribution in [0, 0.1) is 42.6 Å². The lowest BCUT2D eigenvalue weighted by atomic mass is 10.0. The Kier molecular flexibility index (Phi) is 58.4. The van der Waals surface area contributed by atoms with Gasteiger partial charge in [0.25, 0.3) is 0 Å². The fourth-order valence-corrected chi connectivity index (χ4v) is 14.8. The Balaban J connectivity index is 2.61. The Hall–Kier alpha value is -14.7. The van der Waals surface area contributed by atoms with Gasteiger partial charge in [0.1, 0.15) is 66.2 Å². The number of rotatable bonds is 71. The molecule has 0 aliphatic carbocycles. The zero-order chi connectivity index (χ0) is 103. The molecule has 768 valence electrons. The molecule has 0 saturated heterocycles. The van der Waals surface area contributed by atoms with E-state index in [0.29, 0.717) is 18.4 Å². The molecule has 2 rings (SSSR count). The van der Waals surface area contributed by atoms with Crippen molar-refractivity contribution in [2.45, 2.75) is 206 Å². The fourth-order valence-electron chi connectivity index (χ4n) is 12.5. The first-order valence-corrected chi connectivity index (χ1v) is 46.2. The molecule has 0 fully saturated rings. The zero-order valence-electron chi connectivity index (χ0n) is 76.3. The van der Waals surface area contributed by atoms with Crippen molar-refractivity contribution in [3.8, 4) is 5.75 Å². The van der Waals surface area contributed by atoms with Crippen LogP contribution >= 0.6 is 21.6 Å². The van der Waals surface area contributed by atoms with Gasteiger partial charge in [-0.2, -0.15) is 0 Å². The van der Waals surface area contributed by atoms with Crippen LogP contribution < -0.4 is 169 Å². The third-order valence-corrected chi connectivity index (χ3v) is 22.0. The van der Waals surface area contributed by atoms with Crippen LogP contribution in [0.4, 0.5) is 5.69 Å². The Morgan fingerprint density at radius 3 is 0.971 bits per heavy atom. The Labute approximate surface area is 802 Å². The zero-order valence-corrected chi connectivity index (χ0v) is 77.9. The summed E-state index contributed by atoms with van der Waals surface area (Å²) in [7, 11) is 1.76. The number of phenolic OH excluding ortho intramolecular Hbond substituents is 1. The second-order valence-electron chi connectivity index (χ2n) is 31.0. The Morgan fingerprint density at radius 2 is 0.652 bits per heavy atom. The number of hydrogen-bond donors (Lipinski definition) is 38. The SMILES string of the molecule is N=C(N)NCCC[C@H](NC(=O)CNC(=O)[C@@H](N)Cc1ccc(O)cc1)C(=O)N[C@@H](CCCCN)C(=O)N[C@@H](CCCCN)C(=O)N[C@@H](CCCNC(=N)N)C(=O)N[C@@H](CCCNC(=N)N)C(=O)N[C@@H](CCC(N)=O)C(=O)N[C@@H](CCCNC(=N)N)C(=O)N[C@@H](CCCNC(=N)N)C(=O)N[C@@H](CCCNC(=N)N)C(=O)NCC(=O)NCC(=O)NCC(=O)N[C@@H](CSSc1ncccc1[N+](=O)[O-])C(N)=O. The predicted octanol–water partition coefficient (Wildman–Crippen LogP) is -12.1. The first-order chi connectivity index (χ1) is 65.4. The van der Waals surface area contributed by atoms with E-state index in [1.54, 1.807) is 12.1 Å². The maximum absolute atomic E-state index is 15.0. The highest BCUT2D eigenvalue weighted by Crippen LogP contribution is 2.35. The number of nitrogens with one attached hydrogen (secondary N) is 26. The molecule has 0 bridgehead atoms. The summed E-state index contributed by atoms with van der Waals surface area (Å²) < 4.78 is 0. The maximum Gasteiger partial charge on any atom is 0.302 e. The molecular formula is C78H135N39O19S2. The van der Waals surface area contributed by atoms with Gasteiger partial charge in [-0.05, 0) is 176 Å². The van der Waals surface area contributed by atoms with Crippen molar-refractivity contribution in [2.24, 2.45) is 63.1 Å². The second-order valence-corrected chi connectivity index (χ2v) is 33.4. The minimum atomic E-state index is -1.83. The van der Waals surface area contributed by atoms with Gasteiger partial charge in [-0.25, -0.2) is 4.98 Å². The van der Waals surface area contributed by atoms with Gasteiger partial charge in [-0.1, -0.05) is 22.9 Å². The summed E-state index contributed by atoms with van der Waals surface area (Å²) in [6.07, 6.45) is -0.730. The van der Waals surface area contributed by atoms with Crippen LogP contribution in [-0.2, 0) is 83.1 Å². The number of unbranched alkanes of at least 4 members (excludes halogenated alkanes) is 2. The number of hydrogen-bond acceptors (Lipinski definition) is 31. The van der Waals surface area contributed by atoms with Crippen molar-refractivity contribution in [1.82, 2.24) is 111 Å². The van der Waals surface area contributed by atoms with Gasteiger partial charge >= 0.3 is 5.69 Å². The third kappa shape index (κ3) is 53.4. The van der Waals surface area contributed by atoms with E-state index in [0.717, 1.165) is 21.6 Å². The molecule has 49 N–H and O–H groups in total. The van der Waals surface area contributed by atoms with Crippen LogP contribution in [0.3, 0.4) is 0 Å². The van der Waals surface area contributed by atoms with E-state index in [1.807, 2.05) is 0 Å². The summed E-state index contributed by atoms with van der Waals surface area (Å²) >= 11 is 0. The van der Waals surface area contributed by atoms with E-state index in [-0.39, 0.29) is 184 Å². The number of benzene rings is 1. The molecule has 0 aliphatic heterocycles. The smallest absolute Gasteiger partial charge is 0.302 e. The molecule has 0 radical (unpaired) electrons. The molecule has 1 heterocycles. The van der Waals surface area contributed by atoms with Crippen LogP contribution in [0.1, 0.15) is 134 Å². The first kappa shape index (κ1) is 119. The number of amides is 16. The number of nitrogens with zero attached hydrogens (tertiary/aromatic N) is 2. The van der Waals surface area contributed by atoms with Crippen LogP contribution in [0.2, 0.25) is 0 Å². The lowest BCUT2D eigenvalue weighted by Gasteiger charge is -2.28. The quantitative estimate of drug-likeness (QED) is 0.00730.